The van der Waals surface area contributed by atoms with Gasteiger partial charge >= 0.3 is 0 Å². The van der Waals surface area contributed by atoms with Crippen LogP contribution in [0.4, 0.5) is 0 Å². The first kappa shape index (κ1) is 16.2. The first-order chi connectivity index (χ1) is 12.7. The number of Topliss-reactive ketones (excluding diaryl/α,β-unsaturated/α-hetero) is 1. The standard InChI is InChI=1S/C18H13N3O4S/c22-16(12-9-19-5-6-20-12)14-15(13-4-1-7-25-13)21(18(24)17(14)23)10-11-3-2-8-26-11/h1-9,15,22H,10H2/b16-14+. The number of furan rings is 1. The Hall–Kier alpha value is -3.26. The van der Waals surface area contributed by atoms with Gasteiger partial charge < -0.3 is 14.4 Å². The quantitative estimate of drug-likeness (QED) is 0.433. The number of hydrogen-bond donors (Lipinski definition) is 1. The molecule has 1 N–H and O–H groups in total. The topological polar surface area (TPSA) is 96.5 Å². The monoisotopic (exact) mass is 367 g/mol. The van der Waals surface area contributed by atoms with Crippen molar-refractivity contribution < 1.29 is 19.1 Å². The molecule has 7 nitrogen and oxygen atoms in total. The average molecular weight is 367 g/mol. The van der Waals surface area contributed by atoms with E-state index in [-0.39, 0.29) is 23.6 Å². The number of thiophene rings is 1. The predicted molar refractivity (Wildman–Crippen MR) is 92.9 cm³/mol. The lowest BCUT2D eigenvalue weighted by Crippen LogP contribution is -2.28. The molecule has 1 unspecified atom stereocenters. The van der Waals surface area contributed by atoms with Crippen LogP contribution in [0.1, 0.15) is 22.4 Å². The molecule has 8 heteroatoms. The molecule has 1 saturated heterocycles. The van der Waals surface area contributed by atoms with Gasteiger partial charge in [0.25, 0.3) is 11.7 Å². The van der Waals surface area contributed by atoms with Crippen LogP contribution in [0.3, 0.4) is 0 Å². The summed E-state index contributed by atoms with van der Waals surface area (Å²) in [4.78, 5) is 35.5. The fourth-order valence-corrected chi connectivity index (χ4v) is 3.62. The normalized spacial score (nSPS) is 19.2. The van der Waals surface area contributed by atoms with E-state index in [0.717, 1.165) is 4.88 Å². The van der Waals surface area contributed by atoms with Crippen molar-refractivity contribution >= 4 is 28.8 Å². The Labute approximate surface area is 152 Å². The predicted octanol–water partition coefficient (Wildman–Crippen LogP) is 2.75. The number of likely N-dealkylation sites (tertiary alicyclic amines) is 1. The van der Waals surface area contributed by atoms with Gasteiger partial charge in [-0.3, -0.25) is 14.6 Å². The van der Waals surface area contributed by atoms with Crippen LogP contribution in [0.15, 0.2) is 64.5 Å². The molecule has 0 aromatic carbocycles. The molecule has 0 radical (unpaired) electrons. The van der Waals surface area contributed by atoms with Gasteiger partial charge in [-0.2, -0.15) is 0 Å². The number of aromatic nitrogens is 2. The van der Waals surface area contributed by atoms with E-state index in [4.69, 9.17) is 4.42 Å². The number of ketones is 1. The number of carbonyl (C=O) groups is 2. The van der Waals surface area contributed by atoms with E-state index >= 15 is 0 Å². The van der Waals surface area contributed by atoms with Gasteiger partial charge in [-0.25, -0.2) is 4.98 Å². The molecule has 1 aliphatic rings. The second-order valence-electron chi connectivity index (χ2n) is 5.61. The Kier molecular flexibility index (Phi) is 4.10. The number of aliphatic hydroxyl groups is 1. The largest absolute Gasteiger partial charge is 0.505 e. The lowest BCUT2D eigenvalue weighted by atomic mass is 10.0. The molecule has 0 saturated carbocycles. The summed E-state index contributed by atoms with van der Waals surface area (Å²) >= 11 is 1.48. The van der Waals surface area contributed by atoms with Gasteiger partial charge in [0.2, 0.25) is 0 Å². The van der Waals surface area contributed by atoms with Crippen molar-refractivity contribution in [3.63, 3.8) is 0 Å². The summed E-state index contributed by atoms with van der Waals surface area (Å²) in [5.74, 6) is -1.44. The van der Waals surface area contributed by atoms with Gasteiger partial charge in [-0.15, -0.1) is 11.3 Å². The van der Waals surface area contributed by atoms with Gasteiger partial charge in [-0.1, -0.05) is 6.07 Å². The fourth-order valence-electron chi connectivity index (χ4n) is 2.92. The second kappa shape index (κ2) is 6.57. The van der Waals surface area contributed by atoms with Crippen LogP contribution in [0.2, 0.25) is 0 Å². The molecule has 1 aliphatic heterocycles. The van der Waals surface area contributed by atoms with Crippen LogP contribution in [-0.4, -0.2) is 31.7 Å². The van der Waals surface area contributed by atoms with Gasteiger partial charge in [0.1, 0.15) is 17.5 Å². The van der Waals surface area contributed by atoms with Crippen molar-refractivity contribution in [3.8, 4) is 0 Å². The van der Waals surface area contributed by atoms with E-state index in [2.05, 4.69) is 9.97 Å². The van der Waals surface area contributed by atoms with Crippen molar-refractivity contribution in [2.24, 2.45) is 0 Å². The van der Waals surface area contributed by atoms with Gasteiger partial charge in [0, 0.05) is 17.3 Å². The molecule has 0 bridgehead atoms. The van der Waals surface area contributed by atoms with E-state index in [9.17, 15) is 14.7 Å². The number of nitrogens with zero attached hydrogens (tertiary/aromatic N) is 3. The maximum atomic E-state index is 12.7. The minimum Gasteiger partial charge on any atom is -0.505 e. The molecular weight excluding hydrogens is 354 g/mol. The van der Waals surface area contributed by atoms with Crippen LogP contribution in [0.5, 0.6) is 0 Å². The summed E-state index contributed by atoms with van der Waals surface area (Å²) in [6.45, 7) is 0.241. The minimum absolute atomic E-state index is 0.0537. The van der Waals surface area contributed by atoms with Crippen molar-refractivity contribution in [3.05, 3.63) is 76.4 Å². The van der Waals surface area contributed by atoms with E-state index in [0.29, 0.717) is 5.76 Å². The third-order valence-corrected chi connectivity index (χ3v) is 4.93. The Morgan fingerprint density at radius 2 is 2.15 bits per heavy atom. The molecule has 1 fully saturated rings. The smallest absolute Gasteiger partial charge is 0.296 e. The van der Waals surface area contributed by atoms with Crippen molar-refractivity contribution in [1.82, 2.24) is 14.9 Å². The zero-order chi connectivity index (χ0) is 18.1. The number of carbonyl (C=O) groups excluding carboxylic acids is 2. The fraction of sp³-hybridized carbons (Fsp3) is 0.111. The zero-order valence-electron chi connectivity index (χ0n) is 13.4. The molecular formula is C18H13N3O4S. The first-order valence-electron chi connectivity index (χ1n) is 7.77. The van der Waals surface area contributed by atoms with E-state index in [1.165, 1.54) is 41.1 Å². The summed E-state index contributed by atoms with van der Waals surface area (Å²) in [6.07, 6.45) is 5.65. The van der Waals surface area contributed by atoms with Crippen LogP contribution in [0.25, 0.3) is 5.76 Å². The highest BCUT2D eigenvalue weighted by atomic mass is 32.1. The summed E-state index contributed by atoms with van der Waals surface area (Å²) in [7, 11) is 0. The Balaban J connectivity index is 1.84. The summed E-state index contributed by atoms with van der Waals surface area (Å²) in [6, 6.07) is 6.27. The Bertz CT molecular complexity index is 965. The van der Waals surface area contributed by atoms with Gasteiger partial charge in [0.05, 0.1) is 24.6 Å². The first-order valence-corrected chi connectivity index (χ1v) is 8.65. The molecule has 4 heterocycles. The SMILES string of the molecule is O=C1C(=O)N(Cc2cccs2)C(c2ccco2)/C1=C(\O)c1cnccn1. The van der Waals surface area contributed by atoms with E-state index < -0.39 is 17.7 Å². The van der Waals surface area contributed by atoms with E-state index in [1.807, 2.05) is 17.5 Å². The van der Waals surface area contributed by atoms with Crippen molar-refractivity contribution in [2.75, 3.05) is 0 Å². The highest BCUT2D eigenvalue weighted by Crippen LogP contribution is 2.40. The summed E-state index contributed by atoms with van der Waals surface area (Å²) in [5.41, 5.74) is 0.0696. The molecule has 0 aliphatic carbocycles. The lowest BCUT2D eigenvalue weighted by molar-refractivity contribution is -0.140. The van der Waals surface area contributed by atoms with Crippen molar-refractivity contribution in [2.45, 2.75) is 12.6 Å². The van der Waals surface area contributed by atoms with E-state index in [1.54, 1.807) is 12.1 Å². The van der Waals surface area contributed by atoms with Crippen LogP contribution in [-0.2, 0) is 16.1 Å². The van der Waals surface area contributed by atoms with Crippen molar-refractivity contribution in [1.29, 1.82) is 0 Å². The second-order valence-corrected chi connectivity index (χ2v) is 6.64. The van der Waals surface area contributed by atoms with Crippen LogP contribution < -0.4 is 0 Å². The highest BCUT2D eigenvalue weighted by molar-refractivity contribution is 7.09. The average Bonchev–Trinajstić information content (AvgIpc) is 3.41. The third-order valence-electron chi connectivity index (χ3n) is 4.06. The Morgan fingerprint density at radius 1 is 1.27 bits per heavy atom. The van der Waals surface area contributed by atoms with Gasteiger partial charge in [0.15, 0.2) is 5.76 Å². The summed E-state index contributed by atoms with van der Waals surface area (Å²) in [5, 5.41) is 12.6. The van der Waals surface area contributed by atoms with Crippen LogP contribution in [0, 0.1) is 0 Å². The Morgan fingerprint density at radius 3 is 2.81 bits per heavy atom. The number of rotatable bonds is 4. The molecule has 1 atom stereocenters. The van der Waals surface area contributed by atoms with Crippen LogP contribution >= 0.6 is 11.3 Å². The number of aliphatic hydroxyl groups excluding tert-OH is 1. The zero-order valence-corrected chi connectivity index (χ0v) is 14.2. The lowest BCUT2D eigenvalue weighted by Gasteiger charge is -2.22. The highest BCUT2D eigenvalue weighted by Gasteiger charge is 2.47. The summed E-state index contributed by atoms with van der Waals surface area (Å²) < 4.78 is 5.46. The third kappa shape index (κ3) is 2.70. The molecule has 0 spiro atoms. The molecule has 130 valence electrons. The maximum Gasteiger partial charge on any atom is 0.296 e. The minimum atomic E-state index is -0.825. The molecule has 3 aromatic rings. The molecule has 3 aromatic heterocycles. The molecule has 26 heavy (non-hydrogen) atoms. The maximum absolute atomic E-state index is 12.7. The molecule has 1 amide bonds. The number of amides is 1. The van der Waals surface area contributed by atoms with Gasteiger partial charge in [-0.05, 0) is 23.6 Å². The molecule has 4 rings (SSSR count). The number of hydrogen-bond acceptors (Lipinski definition) is 7.